The Labute approximate surface area is 293 Å². The molecule has 276 valence electrons. The van der Waals surface area contributed by atoms with E-state index in [1.807, 2.05) is 24.3 Å². The average Bonchev–Trinajstić information content (AvgIpc) is 3.10. The van der Waals surface area contributed by atoms with Crippen LogP contribution in [0.3, 0.4) is 0 Å². The van der Waals surface area contributed by atoms with Crippen LogP contribution in [0.4, 0.5) is 0 Å². The summed E-state index contributed by atoms with van der Waals surface area (Å²) in [5.74, 6) is -2.17. The number of nitrogens with zero attached hydrogens (tertiary/aromatic N) is 1. The molecule has 15 N–H and O–H groups in total. The lowest BCUT2D eigenvalue weighted by Gasteiger charge is -2.33. The Morgan fingerprint density at radius 1 is 1.02 bits per heavy atom. The van der Waals surface area contributed by atoms with Crippen molar-refractivity contribution in [2.75, 3.05) is 33.2 Å². The van der Waals surface area contributed by atoms with Crippen molar-refractivity contribution in [1.29, 1.82) is 0 Å². The number of hydrogen-bond acceptors (Lipinski definition) is 11. The highest BCUT2D eigenvalue weighted by Gasteiger charge is 2.35. The van der Waals surface area contributed by atoms with Gasteiger partial charge in [0.25, 0.3) is 0 Å². The van der Waals surface area contributed by atoms with Crippen molar-refractivity contribution in [3.05, 3.63) is 53.6 Å². The predicted octanol–water partition coefficient (Wildman–Crippen LogP) is -1.70. The largest absolute Gasteiger partial charge is 0.508 e. The molecule has 4 bridgehead atoms. The quantitative estimate of drug-likeness (QED) is 0.100. The number of aliphatic hydroxyl groups is 1. The Bertz CT molecular complexity index is 1440. The van der Waals surface area contributed by atoms with Crippen molar-refractivity contribution in [2.45, 2.75) is 87.7 Å². The monoisotopic (exact) mass is 697 g/mol. The fourth-order valence-electron chi connectivity index (χ4n) is 5.94. The van der Waals surface area contributed by atoms with Crippen molar-refractivity contribution in [1.82, 2.24) is 20.9 Å². The molecule has 1 aliphatic heterocycles. The van der Waals surface area contributed by atoms with E-state index in [2.05, 4.69) is 16.0 Å². The van der Waals surface area contributed by atoms with Crippen LogP contribution in [0.2, 0.25) is 0 Å². The molecule has 1 heterocycles. The molecule has 3 rings (SSSR count). The number of nitrogens with two attached hydrogens (primary N) is 5. The van der Waals surface area contributed by atoms with Gasteiger partial charge in [0.05, 0.1) is 12.1 Å². The highest BCUT2D eigenvalue weighted by molar-refractivity contribution is 5.93. The molecule has 0 spiro atoms. The number of nitrogens with one attached hydrogen (secondary N) is 3. The van der Waals surface area contributed by atoms with Gasteiger partial charge in [-0.15, -0.1) is 0 Å². The van der Waals surface area contributed by atoms with Crippen LogP contribution < -0.4 is 44.6 Å². The summed E-state index contributed by atoms with van der Waals surface area (Å²) < 4.78 is 0. The van der Waals surface area contributed by atoms with E-state index in [1.54, 1.807) is 12.1 Å². The number of aromatic hydroxyl groups is 1. The summed E-state index contributed by atoms with van der Waals surface area (Å²) in [6.07, 6.45) is 1.02. The molecule has 0 aliphatic carbocycles. The number of likely N-dealkylation sites (N-methyl/N-ethyl adjacent to an activating group) is 1. The van der Waals surface area contributed by atoms with Gasteiger partial charge in [0.2, 0.25) is 23.6 Å². The third-order valence-corrected chi connectivity index (χ3v) is 8.93. The van der Waals surface area contributed by atoms with Crippen LogP contribution >= 0.6 is 0 Å². The number of fused-ring (bicyclic) bond motifs is 5. The number of aliphatic hydroxyl groups excluding tert-OH is 1. The summed E-state index contributed by atoms with van der Waals surface area (Å²) in [4.78, 5) is 55.7. The molecule has 0 radical (unpaired) electrons. The predicted molar refractivity (Wildman–Crippen MR) is 191 cm³/mol. The van der Waals surface area contributed by atoms with E-state index in [-0.39, 0.29) is 56.5 Å². The first-order valence-corrected chi connectivity index (χ1v) is 17.2. The summed E-state index contributed by atoms with van der Waals surface area (Å²) in [5.41, 5.74) is 32.0. The van der Waals surface area contributed by atoms with Gasteiger partial charge in [-0.2, -0.15) is 0 Å². The van der Waals surface area contributed by atoms with Crippen molar-refractivity contribution >= 4 is 23.6 Å². The number of phenolic OH excluding ortho intramolecular Hbond substituents is 1. The molecule has 2 aromatic rings. The number of carbonyl (C=O) groups excluding carboxylic acids is 4. The molecule has 0 saturated carbocycles. The lowest BCUT2D eigenvalue weighted by atomic mass is 9.95. The molecule has 2 aromatic carbocycles. The minimum atomic E-state index is -1.27. The molecule has 0 unspecified atom stereocenters. The molecule has 0 fully saturated rings. The first-order valence-electron chi connectivity index (χ1n) is 17.2. The molecule has 15 nitrogen and oxygen atoms in total. The lowest BCUT2D eigenvalue weighted by Crippen LogP contribution is -2.58. The average molecular weight is 698 g/mol. The Morgan fingerprint density at radius 3 is 2.42 bits per heavy atom. The zero-order valence-corrected chi connectivity index (χ0v) is 28.9. The zero-order valence-electron chi connectivity index (χ0n) is 28.9. The van der Waals surface area contributed by atoms with Gasteiger partial charge < -0.3 is 59.7 Å². The van der Waals surface area contributed by atoms with Gasteiger partial charge >= 0.3 is 0 Å². The number of hydrogen-bond donors (Lipinski definition) is 10. The first kappa shape index (κ1) is 40.3. The van der Waals surface area contributed by atoms with Crippen LogP contribution in [0.15, 0.2) is 42.5 Å². The van der Waals surface area contributed by atoms with Crippen LogP contribution in [-0.2, 0) is 32.0 Å². The maximum atomic E-state index is 14.2. The number of amides is 4. The fraction of sp³-hybridized carbons (Fsp3) is 0.543. The van der Waals surface area contributed by atoms with Gasteiger partial charge in [0, 0.05) is 57.9 Å². The van der Waals surface area contributed by atoms with Gasteiger partial charge in [-0.05, 0) is 73.2 Å². The molecular formula is C35H55N9O6. The Hall–Kier alpha value is -4.12. The molecule has 6 atom stereocenters. The van der Waals surface area contributed by atoms with Crippen LogP contribution in [-0.4, -0.2) is 108 Å². The molecule has 0 aromatic heterocycles. The second-order valence-corrected chi connectivity index (χ2v) is 13.0. The molecule has 50 heavy (non-hydrogen) atoms. The van der Waals surface area contributed by atoms with Crippen molar-refractivity contribution < 1.29 is 29.4 Å². The SMILES string of the molecule is CN1C(=O)[C@H](C[C@@H](O)CN)NC(=O)[C@@H](N)Cc2cc(ccc2O)-c2cccc(c2)C[C@H]1C(=O)N[C@@H](CCCN)CC(=O)NC[C@@H](N)CCCN. The van der Waals surface area contributed by atoms with E-state index in [1.165, 1.54) is 18.0 Å². The number of carbonyl (C=O) groups is 4. The van der Waals surface area contributed by atoms with E-state index < -0.39 is 48.0 Å². The Balaban J connectivity index is 1.98. The van der Waals surface area contributed by atoms with E-state index in [9.17, 15) is 29.4 Å². The molecule has 4 amide bonds. The first-order chi connectivity index (χ1) is 23.9. The van der Waals surface area contributed by atoms with Crippen molar-refractivity contribution in [3.8, 4) is 16.9 Å². The van der Waals surface area contributed by atoms with Gasteiger partial charge in [-0.1, -0.05) is 30.3 Å². The van der Waals surface area contributed by atoms with Gasteiger partial charge in [0.15, 0.2) is 0 Å². The molecule has 15 heteroatoms. The van der Waals surface area contributed by atoms with Crippen LogP contribution in [0, 0.1) is 0 Å². The van der Waals surface area contributed by atoms with Crippen LogP contribution in [0.25, 0.3) is 11.1 Å². The summed E-state index contributed by atoms with van der Waals surface area (Å²) in [7, 11) is 1.45. The maximum Gasteiger partial charge on any atom is 0.245 e. The van der Waals surface area contributed by atoms with Gasteiger partial charge in [0.1, 0.15) is 17.8 Å². The fourth-order valence-corrected chi connectivity index (χ4v) is 5.94. The van der Waals surface area contributed by atoms with Gasteiger partial charge in [-0.3, -0.25) is 19.2 Å². The lowest BCUT2D eigenvalue weighted by molar-refractivity contribution is -0.143. The van der Waals surface area contributed by atoms with Crippen LogP contribution in [0.5, 0.6) is 5.75 Å². The van der Waals surface area contributed by atoms with Gasteiger partial charge in [-0.25, -0.2) is 0 Å². The molecule has 1 aliphatic rings. The summed E-state index contributed by atoms with van der Waals surface area (Å²) in [6, 6.07) is 8.09. The highest BCUT2D eigenvalue weighted by Crippen LogP contribution is 2.28. The molecular weight excluding hydrogens is 642 g/mol. The second-order valence-electron chi connectivity index (χ2n) is 13.0. The normalized spacial score (nSPS) is 20.1. The highest BCUT2D eigenvalue weighted by atomic mass is 16.3. The number of phenols is 1. The second kappa shape index (κ2) is 19.9. The summed E-state index contributed by atoms with van der Waals surface area (Å²) in [6.45, 7) is 0.942. The number of rotatable bonds is 15. The van der Waals surface area contributed by atoms with Crippen LogP contribution in [0.1, 0.15) is 49.7 Å². The topological polar surface area (TPSA) is 278 Å². The smallest absolute Gasteiger partial charge is 0.245 e. The third-order valence-electron chi connectivity index (χ3n) is 8.93. The van der Waals surface area contributed by atoms with E-state index in [0.717, 1.165) is 23.1 Å². The Kier molecular flexibility index (Phi) is 16.1. The van der Waals surface area contributed by atoms with E-state index >= 15 is 0 Å². The standard InChI is InChI=1S/C35H55N9O6/c1-44-30(34(49)42-26(8-4-12-37)17-32(47)41-20-25(39)7-3-11-36)14-21-5-2-6-22(13-21)23-9-10-31(46)24(15-23)16-28(40)33(48)43-29(35(44)50)18-27(45)19-38/h2,5-6,9-10,13,15,25-30,45-46H,3-4,7-8,11-12,14,16-20,36-40H2,1H3,(H,41,47)(H,42,49)(H,43,48)/t25-,26-,27+,28-,29-,30-/m0/s1. The Morgan fingerprint density at radius 2 is 1.72 bits per heavy atom. The van der Waals surface area contributed by atoms with Crippen molar-refractivity contribution in [2.24, 2.45) is 28.7 Å². The summed E-state index contributed by atoms with van der Waals surface area (Å²) in [5, 5.41) is 29.4. The van der Waals surface area contributed by atoms with E-state index in [0.29, 0.717) is 37.9 Å². The number of benzene rings is 2. The molecule has 0 saturated heterocycles. The third kappa shape index (κ3) is 12.0. The summed E-state index contributed by atoms with van der Waals surface area (Å²) >= 11 is 0. The van der Waals surface area contributed by atoms with E-state index in [4.69, 9.17) is 28.7 Å². The maximum absolute atomic E-state index is 14.2. The zero-order chi connectivity index (χ0) is 36.8. The minimum absolute atomic E-state index is 0.0240. The minimum Gasteiger partial charge on any atom is -0.508 e. The van der Waals surface area contributed by atoms with Crippen molar-refractivity contribution in [3.63, 3.8) is 0 Å².